The molecule has 1 amide bonds. The third-order valence-electron chi connectivity index (χ3n) is 5.63. The third kappa shape index (κ3) is 4.20. The number of benzene rings is 1. The van der Waals surface area contributed by atoms with Gasteiger partial charge in [-0.15, -0.1) is 0 Å². The maximum atomic E-state index is 13.5. The van der Waals surface area contributed by atoms with Crippen molar-refractivity contribution >= 4 is 17.1 Å². The standard InChI is InChI=1S/C23H28N4O4/c1-15(13-29-2)26(12-16-6-5-7-20(30-3)21(16)31-4)23(28)17-10-19-22(24-11-17)27(14-25-19)18-8-9-18/h5-7,10-11,14-15,18H,8-9,12-13H2,1-4H3. The molecule has 2 heterocycles. The number of amides is 1. The van der Waals surface area contributed by atoms with Crippen molar-refractivity contribution in [3.8, 4) is 11.5 Å². The van der Waals surface area contributed by atoms with Crippen LogP contribution in [0.1, 0.15) is 41.7 Å². The van der Waals surface area contributed by atoms with E-state index in [0.29, 0.717) is 36.3 Å². The van der Waals surface area contributed by atoms with E-state index in [9.17, 15) is 4.79 Å². The molecule has 4 rings (SSSR count). The van der Waals surface area contributed by atoms with Crippen molar-refractivity contribution in [3.05, 3.63) is 47.9 Å². The molecule has 31 heavy (non-hydrogen) atoms. The molecule has 8 nitrogen and oxygen atoms in total. The van der Waals surface area contributed by atoms with Crippen molar-refractivity contribution in [1.29, 1.82) is 0 Å². The molecule has 164 valence electrons. The Kier molecular flexibility index (Phi) is 6.08. The molecule has 1 saturated carbocycles. The largest absolute Gasteiger partial charge is 0.493 e. The lowest BCUT2D eigenvalue weighted by molar-refractivity contribution is 0.0539. The summed E-state index contributed by atoms with van der Waals surface area (Å²) >= 11 is 0. The van der Waals surface area contributed by atoms with Gasteiger partial charge in [0, 0.05) is 24.9 Å². The van der Waals surface area contributed by atoms with Gasteiger partial charge in [-0.25, -0.2) is 9.97 Å². The Morgan fingerprint density at radius 2 is 2.03 bits per heavy atom. The van der Waals surface area contributed by atoms with Gasteiger partial charge < -0.3 is 23.7 Å². The minimum absolute atomic E-state index is 0.134. The summed E-state index contributed by atoms with van der Waals surface area (Å²) in [6, 6.07) is 7.80. The number of para-hydroxylation sites is 1. The van der Waals surface area contributed by atoms with Crippen LogP contribution in [0.4, 0.5) is 0 Å². The van der Waals surface area contributed by atoms with Crippen molar-refractivity contribution in [3.63, 3.8) is 0 Å². The molecule has 1 unspecified atom stereocenters. The van der Waals surface area contributed by atoms with E-state index in [1.54, 1.807) is 32.4 Å². The first-order valence-electron chi connectivity index (χ1n) is 10.4. The van der Waals surface area contributed by atoms with Crippen molar-refractivity contribution in [2.45, 2.75) is 38.4 Å². The van der Waals surface area contributed by atoms with E-state index in [-0.39, 0.29) is 11.9 Å². The van der Waals surface area contributed by atoms with Crippen LogP contribution >= 0.6 is 0 Å². The van der Waals surface area contributed by atoms with Gasteiger partial charge in [0.15, 0.2) is 17.1 Å². The number of hydrogen-bond donors (Lipinski definition) is 0. The van der Waals surface area contributed by atoms with Crippen molar-refractivity contribution in [2.24, 2.45) is 0 Å². The second kappa shape index (κ2) is 8.93. The van der Waals surface area contributed by atoms with Crippen LogP contribution in [0.2, 0.25) is 0 Å². The fourth-order valence-corrected chi connectivity index (χ4v) is 3.84. The number of ether oxygens (including phenoxy) is 3. The second-order valence-corrected chi connectivity index (χ2v) is 7.84. The van der Waals surface area contributed by atoms with Gasteiger partial charge in [0.2, 0.25) is 0 Å². The summed E-state index contributed by atoms with van der Waals surface area (Å²) in [4.78, 5) is 24.3. The molecule has 0 N–H and O–H groups in total. The van der Waals surface area contributed by atoms with Gasteiger partial charge in [-0.05, 0) is 31.9 Å². The lowest BCUT2D eigenvalue weighted by Gasteiger charge is -2.29. The molecule has 1 fully saturated rings. The van der Waals surface area contributed by atoms with E-state index in [0.717, 1.165) is 29.6 Å². The van der Waals surface area contributed by atoms with Gasteiger partial charge >= 0.3 is 0 Å². The average Bonchev–Trinajstić information content (AvgIpc) is 3.55. The Labute approximate surface area is 181 Å². The first-order valence-corrected chi connectivity index (χ1v) is 10.4. The maximum absolute atomic E-state index is 13.5. The summed E-state index contributed by atoms with van der Waals surface area (Å²) in [5, 5.41) is 0. The fraction of sp³-hybridized carbons (Fsp3) is 0.435. The summed E-state index contributed by atoms with van der Waals surface area (Å²) in [5.41, 5.74) is 2.91. The topological polar surface area (TPSA) is 78.7 Å². The first kappa shape index (κ1) is 21.1. The molecule has 1 atom stereocenters. The zero-order valence-corrected chi connectivity index (χ0v) is 18.4. The number of carbonyl (C=O) groups is 1. The summed E-state index contributed by atoms with van der Waals surface area (Å²) in [5.74, 6) is 1.11. The van der Waals surface area contributed by atoms with E-state index in [4.69, 9.17) is 14.2 Å². The van der Waals surface area contributed by atoms with E-state index in [2.05, 4.69) is 14.5 Å². The molecule has 1 aromatic carbocycles. The van der Waals surface area contributed by atoms with Crippen LogP contribution in [0.5, 0.6) is 11.5 Å². The predicted octanol–water partition coefficient (Wildman–Crippen LogP) is 3.46. The van der Waals surface area contributed by atoms with Crippen molar-refractivity contribution in [2.75, 3.05) is 27.9 Å². The zero-order valence-electron chi connectivity index (χ0n) is 18.4. The van der Waals surface area contributed by atoms with E-state index < -0.39 is 0 Å². The predicted molar refractivity (Wildman–Crippen MR) is 117 cm³/mol. The highest BCUT2D eigenvalue weighted by molar-refractivity contribution is 5.96. The molecule has 1 aliphatic carbocycles. The van der Waals surface area contributed by atoms with Crippen LogP contribution < -0.4 is 9.47 Å². The molecule has 0 spiro atoms. The third-order valence-corrected chi connectivity index (χ3v) is 5.63. The van der Waals surface area contributed by atoms with Crippen LogP contribution in [0.3, 0.4) is 0 Å². The number of hydrogen-bond acceptors (Lipinski definition) is 6. The molecule has 0 bridgehead atoms. The van der Waals surface area contributed by atoms with Crippen LogP contribution in [0.15, 0.2) is 36.8 Å². The molecule has 8 heteroatoms. The van der Waals surface area contributed by atoms with Crippen LogP contribution in [0.25, 0.3) is 11.2 Å². The summed E-state index contributed by atoms with van der Waals surface area (Å²) in [6.45, 7) is 2.71. The number of nitrogens with zero attached hydrogens (tertiary/aromatic N) is 4. The van der Waals surface area contributed by atoms with Gasteiger partial charge in [0.05, 0.1) is 45.3 Å². The minimum atomic E-state index is -0.159. The molecule has 1 aliphatic rings. The highest BCUT2D eigenvalue weighted by atomic mass is 16.5. The van der Waals surface area contributed by atoms with Gasteiger partial charge in [-0.3, -0.25) is 4.79 Å². The first-order chi connectivity index (χ1) is 15.1. The van der Waals surface area contributed by atoms with Crippen LogP contribution in [-0.2, 0) is 11.3 Å². The average molecular weight is 425 g/mol. The van der Waals surface area contributed by atoms with Gasteiger partial charge in [-0.2, -0.15) is 0 Å². The highest BCUT2D eigenvalue weighted by Crippen LogP contribution is 2.36. The Hall–Kier alpha value is -3.13. The van der Waals surface area contributed by atoms with Gasteiger partial charge in [-0.1, -0.05) is 12.1 Å². The normalized spacial score (nSPS) is 14.5. The van der Waals surface area contributed by atoms with Crippen molar-refractivity contribution in [1.82, 2.24) is 19.4 Å². The Morgan fingerprint density at radius 3 is 2.71 bits per heavy atom. The molecular weight excluding hydrogens is 396 g/mol. The lowest BCUT2D eigenvalue weighted by atomic mass is 10.1. The molecular formula is C23H28N4O4. The molecule has 0 aliphatic heterocycles. The SMILES string of the molecule is COCC(C)N(Cc1cccc(OC)c1OC)C(=O)c1cnc2c(c1)ncn2C1CC1. The van der Waals surface area contributed by atoms with Crippen LogP contribution in [-0.4, -0.2) is 59.3 Å². The number of fused-ring (bicyclic) bond motifs is 1. The lowest BCUT2D eigenvalue weighted by Crippen LogP contribution is -2.40. The van der Waals surface area contributed by atoms with Crippen LogP contribution in [0, 0.1) is 0 Å². The molecule has 0 radical (unpaired) electrons. The van der Waals surface area contributed by atoms with Gasteiger partial charge in [0.1, 0.15) is 5.52 Å². The quantitative estimate of drug-likeness (QED) is 0.523. The second-order valence-electron chi connectivity index (χ2n) is 7.84. The monoisotopic (exact) mass is 424 g/mol. The number of rotatable bonds is 9. The molecule has 3 aromatic rings. The van der Waals surface area contributed by atoms with E-state index >= 15 is 0 Å². The summed E-state index contributed by atoms with van der Waals surface area (Å²) < 4.78 is 18.4. The smallest absolute Gasteiger partial charge is 0.256 e. The number of imidazole rings is 1. The molecule has 0 saturated heterocycles. The number of methoxy groups -OCH3 is 3. The number of pyridine rings is 1. The van der Waals surface area contributed by atoms with E-state index in [1.165, 1.54) is 0 Å². The Morgan fingerprint density at radius 1 is 1.23 bits per heavy atom. The number of aromatic nitrogens is 3. The Bertz CT molecular complexity index is 1080. The maximum Gasteiger partial charge on any atom is 0.256 e. The molecule has 2 aromatic heterocycles. The van der Waals surface area contributed by atoms with E-state index in [1.807, 2.05) is 37.5 Å². The zero-order chi connectivity index (χ0) is 22.0. The van der Waals surface area contributed by atoms with Gasteiger partial charge in [0.25, 0.3) is 5.91 Å². The summed E-state index contributed by atoms with van der Waals surface area (Å²) in [6.07, 6.45) is 5.76. The highest BCUT2D eigenvalue weighted by Gasteiger charge is 2.27. The van der Waals surface area contributed by atoms with Crippen molar-refractivity contribution < 1.29 is 19.0 Å². The fourth-order valence-electron chi connectivity index (χ4n) is 3.84. The minimum Gasteiger partial charge on any atom is -0.493 e. The summed E-state index contributed by atoms with van der Waals surface area (Å²) in [7, 11) is 4.82. The number of carbonyl (C=O) groups excluding carboxylic acids is 1. The Balaban J connectivity index is 1.66.